The lowest BCUT2D eigenvalue weighted by molar-refractivity contribution is -0.932. The van der Waals surface area contributed by atoms with Crippen molar-refractivity contribution in [2.75, 3.05) is 13.6 Å². The molecule has 1 aromatic rings. The summed E-state index contributed by atoms with van der Waals surface area (Å²) in [5.41, 5.74) is 0.409. The van der Waals surface area contributed by atoms with Crippen LogP contribution in [0.5, 0.6) is 0 Å². The van der Waals surface area contributed by atoms with Crippen molar-refractivity contribution in [3.63, 3.8) is 0 Å². The van der Waals surface area contributed by atoms with Gasteiger partial charge < -0.3 is 20.1 Å². The van der Waals surface area contributed by atoms with E-state index in [1.807, 2.05) is 37.4 Å². The largest absolute Gasteiger partial charge is 0.548 e. The molecule has 19 heavy (non-hydrogen) atoms. The first-order valence-corrected chi connectivity index (χ1v) is 6.19. The quantitative estimate of drug-likeness (QED) is 0.646. The van der Waals surface area contributed by atoms with Gasteiger partial charge in [0.1, 0.15) is 6.54 Å². The van der Waals surface area contributed by atoms with E-state index in [1.54, 1.807) is 13.8 Å². The summed E-state index contributed by atoms with van der Waals surface area (Å²) in [5.74, 6) is -1.59. The fraction of sp³-hybridized carbons (Fsp3) is 0.429. The van der Waals surface area contributed by atoms with Gasteiger partial charge in [0.05, 0.1) is 19.6 Å². The third-order valence-corrected chi connectivity index (χ3v) is 3.34. The number of quaternary nitrogens is 1. The topological polar surface area (TPSA) is 73.7 Å². The molecular formula is C14H20N2O3. The Hall–Kier alpha value is -1.88. The van der Waals surface area contributed by atoms with Crippen LogP contribution < -0.4 is 15.3 Å². The van der Waals surface area contributed by atoms with E-state index in [-0.39, 0.29) is 5.91 Å². The Bertz CT molecular complexity index is 443. The molecule has 0 aliphatic carbocycles. The van der Waals surface area contributed by atoms with E-state index in [2.05, 4.69) is 5.32 Å². The van der Waals surface area contributed by atoms with Crippen LogP contribution in [0.25, 0.3) is 0 Å². The number of nitrogens with one attached hydrogen (secondary N) is 2. The lowest BCUT2D eigenvalue weighted by atomic mass is 10.0. The number of carbonyl (C=O) groups is 2. The van der Waals surface area contributed by atoms with Crippen molar-refractivity contribution in [1.29, 1.82) is 0 Å². The van der Waals surface area contributed by atoms with Crippen LogP contribution in [0.15, 0.2) is 30.3 Å². The van der Waals surface area contributed by atoms with E-state index < -0.39 is 18.1 Å². The van der Waals surface area contributed by atoms with Crippen molar-refractivity contribution in [2.24, 2.45) is 0 Å². The molecule has 1 amide bonds. The molecule has 0 radical (unpaired) electrons. The zero-order valence-corrected chi connectivity index (χ0v) is 11.5. The van der Waals surface area contributed by atoms with Crippen molar-refractivity contribution in [3.8, 4) is 0 Å². The average Bonchev–Trinajstić information content (AvgIpc) is 2.36. The van der Waals surface area contributed by atoms with Gasteiger partial charge in [-0.15, -0.1) is 0 Å². The van der Waals surface area contributed by atoms with Crippen LogP contribution in [0, 0.1) is 0 Å². The van der Waals surface area contributed by atoms with Crippen LogP contribution in [0.3, 0.4) is 0 Å². The first kappa shape index (κ1) is 15.2. The van der Waals surface area contributed by atoms with Gasteiger partial charge in [0, 0.05) is 5.56 Å². The van der Waals surface area contributed by atoms with E-state index in [0.717, 1.165) is 10.5 Å². The molecule has 2 N–H and O–H groups in total. The van der Waals surface area contributed by atoms with Gasteiger partial charge >= 0.3 is 0 Å². The average molecular weight is 264 g/mol. The summed E-state index contributed by atoms with van der Waals surface area (Å²) in [6.45, 7) is 3.80. The Morgan fingerprint density at radius 3 is 2.37 bits per heavy atom. The highest BCUT2D eigenvalue weighted by Crippen LogP contribution is 2.00. The summed E-state index contributed by atoms with van der Waals surface area (Å²) >= 11 is 0. The number of hydrogen-bond donors (Lipinski definition) is 2. The molecule has 0 aromatic heterocycles. The molecule has 1 aromatic carbocycles. The smallest absolute Gasteiger partial charge is 0.281 e. The zero-order chi connectivity index (χ0) is 14.5. The Balaban J connectivity index is 2.65. The number of carbonyl (C=O) groups excluding carboxylic acids is 2. The second-order valence-electron chi connectivity index (χ2n) is 5.12. The van der Waals surface area contributed by atoms with E-state index in [0.29, 0.717) is 6.54 Å². The molecule has 0 heterocycles. The van der Waals surface area contributed by atoms with Crippen molar-refractivity contribution in [1.82, 2.24) is 5.32 Å². The molecule has 0 aliphatic heterocycles. The van der Waals surface area contributed by atoms with Crippen LogP contribution >= 0.6 is 0 Å². The molecule has 1 unspecified atom stereocenters. The molecular weight excluding hydrogens is 244 g/mol. The van der Waals surface area contributed by atoms with Gasteiger partial charge in [-0.2, -0.15) is 0 Å². The van der Waals surface area contributed by atoms with Crippen LogP contribution in [0.2, 0.25) is 0 Å². The standard InChI is InChI=1S/C14H20N2O3/c1-14(2,13(19)15-9-12(17)18)16(3)10-11-7-5-4-6-8-11/h4-8H,9-10H2,1-3H3,(H,15,19)(H,17,18). The number of carboxylic acid groups (broad SMARTS) is 1. The third-order valence-electron chi connectivity index (χ3n) is 3.34. The number of hydrogen-bond acceptors (Lipinski definition) is 3. The first-order valence-electron chi connectivity index (χ1n) is 6.19. The summed E-state index contributed by atoms with van der Waals surface area (Å²) in [5, 5.41) is 12.7. The summed E-state index contributed by atoms with van der Waals surface area (Å²) in [6, 6.07) is 9.84. The number of rotatable bonds is 6. The molecule has 104 valence electrons. The predicted octanol–water partition coefficient (Wildman–Crippen LogP) is -1.65. The highest BCUT2D eigenvalue weighted by molar-refractivity contribution is 5.86. The lowest BCUT2D eigenvalue weighted by Gasteiger charge is -2.31. The van der Waals surface area contributed by atoms with Crippen LogP contribution in [0.1, 0.15) is 19.4 Å². The first-order chi connectivity index (χ1) is 8.84. The number of likely N-dealkylation sites (N-methyl/N-ethyl adjacent to an activating group) is 1. The van der Waals surface area contributed by atoms with E-state index >= 15 is 0 Å². The highest BCUT2D eigenvalue weighted by Gasteiger charge is 2.36. The molecule has 5 heteroatoms. The molecule has 0 aliphatic rings. The maximum Gasteiger partial charge on any atom is 0.281 e. The van der Waals surface area contributed by atoms with Gasteiger partial charge in [-0.05, 0) is 13.8 Å². The van der Waals surface area contributed by atoms with Crippen LogP contribution in [-0.2, 0) is 16.1 Å². The zero-order valence-electron chi connectivity index (χ0n) is 11.5. The number of aliphatic carboxylic acids is 1. The lowest BCUT2D eigenvalue weighted by Crippen LogP contribution is -3.17. The second-order valence-corrected chi connectivity index (χ2v) is 5.12. The molecule has 1 atom stereocenters. The summed E-state index contributed by atoms with van der Waals surface area (Å²) in [4.78, 5) is 23.3. The van der Waals surface area contributed by atoms with Crippen LogP contribution in [0.4, 0.5) is 0 Å². The van der Waals surface area contributed by atoms with Crippen molar-refractivity contribution >= 4 is 11.9 Å². The maximum absolute atomic E-state index is 12.0. The molecule has 1 rings (SSSR count). The Morgan fingerprint density at radius 2 is 1.84 bits per heavy atom. The minimum absolute atomic E-state index is 0.301. The Morgan fingerprint density at radius 1 is 1.26 bits per heavy atom. The van der Waals surface area contributed by atoms with Gasteiger partial charge in [-0.25, -0.2) is 0 Å². The van der Waals surface area contributed by atoms with Gasteiger partial charge in [-0.3, -0.25) is 4.79 Å². The molecule has 5 nitrogen and oxygen atoms in total. The number of carboxylic acids is 1. The minimum Gasteiger partial charge on any atom is -0.548 e. The van der Waals surface area contributed by atoms with Gasteiger partial charge in [0.25, 0.3) is 5.91 Å². The fourth-order valence-corrected chi connectivity index (χ4v) is 1.69. The van der Waals surface area contributed by atoms with Crippen LogP contribution in [-0.4, -0.2) is 31.0 Å². The van der Waals surface area contributed by atoms with E-state index in [4.69, 9.17) is 0 Å². The Kier molecular flexibility index (Phi) is 5.06. The maximum atomic E-state index is 12.0. The second kappa shape index (κ2) is 6.33. The molecule has 0 spiro atoms. The summed E-state index contributed by atoms with van der Waals surface area (Å²) in [7, 11) is 1.91. The summed E-state index contributed by atoms with van der Waals surface area (Å²) in [6.07, 6.45) is 0. The van der Waals surface area contributed by atoms with E-state index in [9.17, 15) is 14.7 Å². The van der Waals surface area contributed by atoms with E-state index in [1.165, 1.54) is 0 Å². The Labute approximate surface area is 113 Å². The summed E-state index contributed by atoms with van der Waals surface area (Å²) < 4.78 is 0. The predicted molar refractivity (Wildman–Crippen MR) is 69.1 cm³/mol. The van der Waals surface area contributed by atoms with Gasteiger partial charge in [-0.1, -0.05) is 30.3 Å². The molecule has 0 saturated carbocycles. The number of benzene rings is 1. The fourth-order valence-electron chi connectivity index (χ4n) is 1.69. The normalized spacial score (nSPS) is 12.8. The SMILES string of the molecule is C[NH+](Cc1ccccc1)C(C)(C)C(=O)NCC(=O)[O-]. The van der Waals surface area contributed by atoms with Gasteiger partial charge in [0.15, 0.2) is 5.54 Å². The van der Waals surface area contributed by atoms with Crippen molar-refractivity contribution < 1.29 is 19.6 Å². The minimum atomic E-state index is -1.29. The molecule has 0 fully saturated rings. The van der Waals surface area contributed by atoms with Gasteiger partial charge in [0.2, 0.25) is 0 Å². The monoisotopic (exact) mass is 264 g/mol. The highest BCUT2D eigenvalue weighted by atomic mass is 16.4. The third kappa shape index (κ3) is 4.37. The molecule has 0 bridgehead atoms. The number of amides is 1. The van der Waals surface area contributed by atoms with Crippen molar-refractivity contribution in [2.45, 2.75) is 25.9 Å². The van der Waals surface area contributed by atoms with Crippen molar-refractivity contribution in [3.05, 3.63) is 35.9 Å². The molecule has 0 saturated heterocycles.